The minimum absolute atomic E-state index is 0.172. The summed E-state index contributed by atoms with van der Waals surface area (Å²) in [5.41, 5.74) is 1.49. The lowest BCUT2D eigenvalue weighted by atomic mass is 10.2. The molecule has 0 amide bonds. The van der Waals surface area contributed by atoms with Crippen LogP contribution >= 0.6 is 15.9 Å². The zero-order valence-corrected chi connectivity index (χ0v) is 11.8. The highest BCUT2D eigenvalue weighted by Gasteiger charge is 2.04. The number of methoxy groups -OCH3 is 1. The van der Waals surface area contributed by atoms with Gasteiger partial charge in [-0.05, 0) is 35.9 Å². The molecule has 2 aromatic carbocycles. The number of ether oxygens (including phenoxy) is 1. The summed E-state index contributed by atoms with van der Waals surface area (Å²) in [7, 11) is 1.41. The van der Waals surface area contributed by atoms with Crippen LogP contribution in [0.3, 0.4) is 0 Å². The molecule has 0 fully saturated rings. The van der Waals surface area contributed by atoms with Crippen molar-refractivity contribution in [1.29, 1.82) is 0 Å². The van der Waals surface area contributed by atoms with Crippen LogP contribution in [0.2, 0.25) is 0 Å². The summed E-state index contributed by atoms with van der Waals surface area (Å²) in [6.45, 7) is 0.436. The highest BCUT2D eigenvalue weighted by atomic mass is 79.9. The smallest absolute Gasteiger partial charge is 0.165 e. The Hall–Kier alpha value is -1.62. The summed E-state index contributed by atoms with van der Waals surface area (Å²) in [4.78, 5) is 0. The largest absolute Gasteiger partial charge is 0.494 e. The molecule has 0 unspecified atom stereocenters. The fourth-order valence-electron chi connectivity index (χ4n) is 1.69. The van der Waals surface area contributed by atoms with Gasteiger partial charge in [0.25, 0.3) is 0 Å². The van der Waals surface area contributed by atoms with E-state index in [1.54, 1.807) is 12.1 Å². The maximum absolute atomic E-state index is 13.2. The van der Waals surface area contributed by atoms with Crippen molar-refractivity contribution in [2.24, 2.45) is 0 Å². The number of nitrogens with one attached hydrogen (secondary N) is 1. The van der Waals surface area contributed by atoms with Crippen molar-refractivity contribution in [3.05, 3.63) is 58.1 Å². The molecule has 0 radical (unpaired) electrons. The van der Waals surface area contributed by atoms with Gasteiger partial charge in [0.2, 0.25) is 0 Å². The Labute approximate surface area is 118 Å². The van der Waals surface area contributed by atoms with Gasteiger partial charge in [-0.1, -0.05) is 15.9 Å². The van der Waals surface area contributed by atoms with Gasteiger partial charge in [-0.2, -0.15) is 0 Å². The van der Waals surface area contributed by atoms with Gasteiger partial charge in [-0.3, -0.25) is 0 Å². The Morgan fingerprint density at radius 1 is 1.16 bits per heavy atom. The van der Waals surface area contributed by atoms with Gasteiger partial charge < -0.3 is 10.1 Å². The van der Waals surface area contributed by atoms with Crippen LogP contribution in [0.4, 0.5) is 14.5 Å². The predicted molar refractivity (Wildman–Crippen MR) is 74.4 cm³/mol. The van der Waals surface area contributed by atoms with Gasteiger partial charge in [0.15, 0.2) is 11.6 Å². The SMILES string of the molecule is COc1cc(NCc2cc(F)cc(Br)c2)ccc1F. The van der Waals surface area contributed by atoms with Gasteiger partial charge in [0.05, 0.1) is 7.11 Å². The van der Waals surface area contributed by atoms with Gasteiger partial charge in [-0.25, -0.2) is 8.78 Å². The zero-order chi connectivity index (χ0) is 13.8. The Kier molecular flexibility index (Phi) is 4.37. The number of benzene rings is 2. The second-order valence-corrected chi connectivity index (χ2v) is 4.90. The van der Waals surface area contributed by atoms with E-state index >= 15 is 0 Å². The summed E-state index contributed by atoms with van der Waals surface area (Å²) in [6, 6.07) is 9.14. The van der Waals surface area contributed by atoms with E-state index in [4.69, 9.17) is 4.74 Å². The Morgan fingerprint density at radius 3 is 2.63 bits per heavy atom. The van der Waals surface area contributed by atoms with Crippen LogP contribution in [0.5, 0.6) is 5.75 Å². The predicted octanol–water partition coefficient (Wildman–Crippen LogP) is 4.35. The lowest BCUT2D eigenvalue weighted by Crippen LogP contribution is -2.00. The number of hydrogen-bond donors (Lipinski definition) is 1. The van der Waals surface area contributed by atoms with Gasteiger partial charge >= 0.3 is 0 Å². The number of rotatable bonds is 4. The maximum atomic E-state index is 13.2. The van der Waals surface area contributed by atoms with Crippen LogP contribution in [0.1, 0.15) is 5.56 Å². The molecule has 0 aliphatic carbocycles. The first-order valence-corrected chi connectivity index (χ1v) is 6.40. The van der Waals surface area contributed by atoms with E-state index in [2.05, 4.69) is 21.2 Å². The third kappa shape index (κ3) is 3.67. The summed E-state index contributed by atoms with van der Waals surface area (Å²) in [5, 5.41) is 3.08. The summed E-state index contributed by atoms with van der Waals surface area (Å²) < 4.78 is 32.0. The van der Waals surface area contributed by atoms with E-state index in [-0.39, 0.29) is 11.6 Å². The molecule has 0 aliphatic rings. The third-order valence-electron chi connectivity index (χ3n) is 2.57. The first kappa shape index (κ1) is 13.8. The van der Waals surface area contributed by atoms with E-state index in [0.717, 1.165) is 5.56 Å². The van der Waals surface area contributed by atoms with Gasteiger partial charge in [0.1, 0.15) is 5.82 Å². The van der Waals surface area contributed by atoms with Gasteiger partial charge in [0, 0.05) is 22.8 Å². The molecule has 19 heavy (non-hydrogen) atoms. The lowest BCUT2D eigenvalue weighted by Gasteiger charge is -2.09. The van der Waals surface area contributed by atoms with E-state index in [9.17, 15) is 8.78 Å². The van der Waals surface area contributed by atoms with Crippen molar-refractivity contribution in [3.8, 4) is 5.75 Å². The first-order chi connectivity index (χ1) is 9.08. The maximum Gasteiger partial charge on any atom is 0.165 e. The van der Waals surface area contributed by atoms with Crippen molar-refractivity contribution >= 4 is 21.6 Å². The Balaban J connectivity index is 2.10. The third-order valence-corrected chi connectivity index (χ3v) is 3.03. The number of anilines is 1. The molecule has 1 N–H and O–H groups in total. The van der Waals surface area contributed by atoms with E-state index in [0.29, 0.717) is 16.7 Å². The monoisotopic (exact) mass is 327 g/mol. The van der Waals surface area contributed by atoms with E-state index in [1.165, 1.54) is 25.3 Å². The van der Waals surface area contributed by atoms with Crippen molar-refractivity contribution in [2.45, 2.75) is 6.54 Å². The van der Waals surface area contributed by atoms with Crippen LogP contribution in [-0.2, 0) is 6.54 Å². The second-order valence-electron chi connectivity index (χ2n) is 3.98. The molecule has 2 aromatic rings. The minimum Gasteiger partial charge on any atom is -0.494 e. The number of halogens is 3. The molecule has 0 aromatic heterocycles. The van der Waals surface area contributed by atoms with Gasteiger partial charge in [-0.15, -0.1) is 0 Å². The molecule has 2 rings (SSSR count). The summed E-state index contributed by atoms with van der Waals surface area (Å²) in [6.07, 6.45) is 0. The molecule has 0 atom stereocenters. The molecular weight excluding hydrogens is 316 g/mol. The second kappa shape index (κ2) is 6.02. The summed E-state index contributed by atoms with van der Waals surface area (Å²) in [5.74, 6) is -0.546. The Bertz CT molecular complexity index is 569. The fraction of sp³-hybridized carbons (Fsp3) is 0.143. The van der Waals surface area contributed by atoms with Crippen LogP contribution in [-0.4, -0.2) is 7.11 Å². The molecule has 0 saturated heterocycles. The molecular formula is C14H12BrF2NO. The van der Waals surface area contributed by atoms with Crippen molar-refractivity contribution < 1.29 is 13.5 Å². The average Bonchev–Trinajstić information content (AvgIpc) is 2.36. The molecule has 0 heterocycles. The van der Waals surface area contributed by atoms with Crippen LogP contribution in [0, 0.1) is 11.6 Å². The highest BCUT2D eigenvalue weighted by molar-refractivity contribution is 9.10. The minimum atomic E-state index is -0.415. The van der Waals surface area contributed by atoms with Crippen molar-refractivity contribution in [1.82, 2.24) is 0 Å². The molecule has 100 valence electrons. The quantitative estimate of drug-likeness (QED) is 0.901. The molecule has 2 nitrogen and oxygen atoms in total. The van der Waals surface area contributed by atoms with Crippen molar-refractivity contribution in [3.63, 3.8) is 0 Å². The zero-order valence-electron chi connectivity index (χ0n) is 10.2. The molecule has 0 bridgehead atoms. The lowest BCUT2D eigenvalue weighted by molar-refractivity contribution is 0.387. The van der Waals surface area contributed by atoms with E-state index < -0.39 is 5.82 Å². The van der Waals surface area contributed by atoms with Crippen LogP contribution in [0.15, 0.2) is 40.9 Å². The van der Waals surface area contributed by atoms with Crippen molar-refractivity contribution in [2.75, 3.05) is 12.4 Å². The standard InChI is InChI=1S/C14H12BrF2NO/c1-19-14-7-12(2-3-13(14)17)18-8-9-4-10(15)6-11(16)5-9/h2-7,18H,8H2,1H3. The van der Waals surface area contributed by atoms with Crippen LogP contribution in [0.25, 0.3) is 0 Å². The average molecular weight is 328 g/mol. The molecule has 5 heteroatoms. The topological polar surface area (TPSA) is 21.3 Å². The summed E-state index contributed by atoms with van der Waals surface area (Å²) >= 11 is 3.23. The highest BCUT2D eigenvalue weighted by Crippen LogP contribution is 2.22. The number of hydrogen-bond acceptors (Lipinski definition) is 2. The Morgan fingerprint density at radius 2 is 1.95 bits per heavy atom. The first-order valence-electron chi connectivity index (χ1n) is 5.61. The normalized spacial score (nSPS) is 10.3. The molecule has 0 aliphatic heterocycles. The fourth-order valence-corrected chi connectivity index (χ4v) is 2.20. The van der Waals surface area contributed by atoms with E-state index in [1.807, 2.05) is 6.07 Å². The van der Waals surface area contributed by atoms with Crippen LogP contribution < -0.4 is 10.1 Å². The molecule has 0 spiro atoms. The molecule has 0 saturated carbocycles.